The maximum atomic E-state index is 7.98. The van der Waals surface area contributed by atoms with Crippen LogP contribution in [0.4, 0.5) is 0 Å². The first kappa shape index (κ1) is 38.3. The summed E-state index contributed by atoms with van der Waals surface area (Å²) in [4.78, 5) is 19.4. The summed E-state index contributed by atoms with van der Waals surface area (Å²) in [5, 5.41) is 3.35. The third-order valence-electron chi connectivity index (χ3n) is 9.68. The molecule has 3 heterocycles. The van der Waals surface area contributed by atoms with E-state index in [2.05, 4.69) is 139 Å². The molecule has 0 bridgehead atoms. The predicted octanol–water partition coefficient (Wildman–Crippen LogP) is 10.2. The molecule has 6 nitrogen and oxygen atoms in total. The molecule has 0 unspecified atom stereocenters. The highest BCUT2D eigenvalue weighted by Gasteiger charge is 2.18. The van der Waals surface area contributed by atoms with Gasteiger partial charge in [0.1, 0.15) is 17.5 Å². The Hall–Kier alpha value is -3.97. The molecule has 2 aromatic heterocycles. The summed E-state index contributed by atoms with van der Waals surface area (Å²) < 4.78 is 9.19. The molecule has 0 atom stereocenters. The lowest BCUT2D eigenvalue weighted by atomic mass is 9.83. The van der Waals surface area contributed by atoms with E-state index in [0.717, 1.165) is 81.1 Å². The first-order valence-corrected chi connectivity index (χ1v) is 19.4. The van der Waals surface area contributed by atoms with E-state index in [1.165, 1.54) is 54.5 Å². The van der Waals surface area contributed by atoms with Crippen LogP contribution >= 0.6 is 15.9 Å². The third-order valence-corrected chi connectivity index (χ3v) is 10.4. The number of aromatic amines is 2. The number of halogens is 1. The highest BCUT2D eigenvalue weighted by Crippen LogP contribution is 2.28. The number of benzene rings is 3. The van der Waals surface area contributed by atoms with Crippen molar-refractivity contribution >= 4 is 21.8 Å². The molecule has 0 spiro atoms. The Labute approximate surface area is 317 Å². The van der Waals surface area contributed by atoms with Gasteiger partial charge in [0.2, 0.25) is 0 Å². The first-order valence-electron chi connectivity index (χ1n) is 19.1. The van der Waals surface area contributed by atoms with Crippen LogP contribution in [0.5, 0.6) is 0 Å². The van der Waals surface area contributed by atoms with Crippen molar-refractivity contribution in [1.29, 1.82) is 0 Å². The van der Waals surface area contributed by atoms with Crippen molar-refractivity contribution in [3.8, 4) is 0 Å². The van der Waals surface area contributed by atoms with Gasteiger partial charge in [-0.2, -0.15) is 0 Å². The fourth-order valence-electron chi connectivity index (χ4n) is 6.70. The molecule has 1 aliphatic heterocycles. The fraction of sp³-hybridized carbons (Fsp3) is 0.432. The topological polar surface area (TPSA) is 81.8 Å². The van der Waals surface area contributed by atoms with Crippen molar-refractivity contribution < 1.29 is 1.37 Å². The molecule has 272 valence electrons. The molecule has 51 heavy (non-hydrogen) atoms. The number of H-pyrrole nitrogens is 2. The highest BCUT2D eigenvalue weighted by atomic mass is 79.9. The van der Waals surface area contributed by atoms with Crippen molar-refractivity contribution in [3.05, 3.63) is 139 Å². The van der Waals surface area contributed by atoms with Crippen LogP contribution in [0.15, 0.2) is 76.7 Å². The number of hydrogen-bond acceptors (Lipinski definition) is 4. The van der Waals surface area contributed by atoms with Gasteiger partial charge in [0, 0.05) is 55.1 Å². The predicted molar refractivity (Wildman–Crippen MR) is 220 cm³/mol. The zero-order valence-corrected chi connectivity index (χ0v) is 33.9. The largest absolute Gasteiger partial charge is 0.372 e. The monoisotopic (exact) mass is 752 g/mol. The molecule has 6 rings (SSSR count). The first-order chi connectivity index (χ1) is 24.9. The molecule has 0 saturated carbocycles. The molecule has 5 aromatic rings. The van der Waals surface area contributed by atoms with Crippen molar-refractivity contribution in [2.75, 3.05) is 13.1 Å². The maximum absolute atomic E-state index is 7.98. The molecule has 0 radical (unpaired) electrons. The number of imidazole rings is 2. The van der Waals surface area contributed by atoms with Crippen molar-refractivity contribution in [2.45, 2.75) is 113 Å². The summed E-state index contributed by atoms with van der Waals surface area (Å²) in [6.45, 7) is 21.8. The molecule has 0 saturated heterocycles. The Bertz CT molecular complexity index is 1790. The number of nitrogens with zero attached hydrogens (tertiary/aromatic N) is 3. The summed E-state index contributed by atoms with van der Waals surface area (Å²) in [6, 6.07) is 13.6. The van der Waals surface area contributed by atoms with Crippen LogP contribution < -0.4 is 5.32 Å². The molecule has 1 aliphatic rings. The van der Waals surface area contributed by atoms with E-state index in [-0.39, 0.29) is 5.41 Å². The minimum atomic E-state index is 0.219. The zero-order valence-electron chi connectivity index (χ0n) is 33.4. The van der Waals surface area contributed by atoms with Gasteiger partial charge in [-0.25, -0.2) is 9.97 Å². The lowest BCUT2D eigenvalue weighted by Crippen LogP contribution is -2.22. The van der Waals surface area contributed by atoms with Crippen LogP contribution in [0, 0.1) is 13.8 Å². The van der Waals surface area contributed by atoms with Crippen LogP contribution in [-0.2, 0) is 50.4 Å². The summed E-state index contributed by atoms with van der Waals surface area (Å²) in [5.41, 5.74) is 13.8. The van der Waals surface area contributed by atoms with E-state index in [4.69, 9.17) is 1.37 Å². The van der Waals surface area contributed by atoms with Gasteiger partial charge in [-0.3, -0.25) is 4.99 Å². The van der Waals surface area contributed by atoms with Gasteiger partial charge in [0.15, 0.2) is 0 Å². The van der Waals surface area contributed by atoms with Crippen molar-refractivity contribution in [3.63, 3.8) is 0 Å². The van der Waals surface area contributed by atoms with Crippen LogP contribution in [0.1, 0.15) is 117 Å². The SMILES string of the molecule is CCc1ccc(Br)c(CC)c1Cc1ncc[nH]1.Cc1cc(C(C)(C)C)cc(C)c1CC1=NCCN1.[3H]c1ccc(CC)c(Cc2ncc[nH]2)c1CC. The van der Waals surface area contributed by atoms with Gasteiger partial charge in [-0.15, -0.1) is 0 Å². The number of aliphatic imine (C=N–C) groups is 1. The van der Waals surface area contributed by atoms with Crippen LogP contribution in [-0.4, -0.2) is 38.9 Å². The normalized spacial score (nSPS) is 12.7. The average Bonchev–Trinajstić information content (AvgIpc) is 3.93. The van der Waals surface area contributed by atoms with Gasteiger partial charge in [0.25, 0.3) is 0 Å². The molecular formula is C44H59BrN6. The van der Waals surface area contributed by atoms with E-state index < -0.39 is 0 Å². The average molecular weight is 754 g/mol. The molecule has 0 aliphatic carbocycles. The minimum Gasteiger partial charge on any atom is -0.372 e. The van der Waals surface area contributed by atoms with Gasteiger partial charge in [0.05, 0.1) is 7.92 Å². The number of amidine groups is 1. The summed E-state index contributed by atoms with van der Waals surface area (Å²) >= 11 is 3.64. The number of aromatic nitrogens is 4. The van der Waals surface area contributed by atoms with Crippen LogP contribution in [0.25, 0.3) is 0 Å². The summed E-state index contributed by atoms with van der Waals surface area (Å²) in [6.07, 6.45) is 14.0. The number of rotatable bonds is 10. The number of aryl methyl sites for hydroxylation is 4. The van der Waals surface area contributed by atoms with Gasteiger partial charge in [-0.1, -0.05) is 101 Å². The van der Waals surface area contributed by atoms with Gasteiger partial charge in [-0.05, 0) is 107 Å². The molecule has 0 amide bonds. The standard InChI is InChI=1S/C16H24N2.C14H17BrN2.C14H18N2/c1-11-8-13(16(3,4)5)9-12(2)14(11)10-15-17-6-7-18-15;1-3-10-5-6-13(15)11(4-2)12(10)9-14-16-7-8-17-14;1-3-11-6-5-7-12(4-2)13(11)10-14-15-8-9-16-14/h8-9H,6-7,10H2,1-5H3,(H,17,18);5-8H,3-4,9H2,1-2H3,(H,16,17);5-9H,3-4,10H2,1-2H3,(H,15,16)/i;;6T. The summed E-state index contributed by atoms with van der Waals surface area (Å²) in [5.74, 6) is 3.15. The van der Waals surface area contributed by atoms with Crippen LogP contribution in [0.3, 0.4) is 0 Å². The third kappa shape index (κ3) is 11.0. The lowest BCUT2D eigenvalue weighted by molar-refractivity contribution is 0.589. The molecule has 0 fully saturated rings. The van der Waals surface area contributed by atoms with Crippen LogP contribution in [0.2, 0.25) is 0 Å². The Morgan fingerprint density at radius 1 is 0.725 bits per heavy atom. The van der Waals surface area contributed by atoms with Crippen molar-refractivity contribution in [1.82, 2.24) is 25.3 Å². The van der Waals surface area contributed by atoms with E-state index >= 15 is 0 Å². The van der Waals surface area contributed by atoms with Gasteiger partial charge >= 0.3 is 0 Å². The molecule has 3 aromatic carbocycles. The Morgan fingerprint density at radius 2 is 1.31 bits per heavy atom. The lowest BCUT2D eigenvalue weighted by Gasteiger charge is -2.22. The van der Waals surface area contributed by atoms with Gasteiger partial charge < -0.3 is 15.3 Å². The maximum Gasteiger partial charge on any atom is 0.110 e. The smallest absolute Gasteiger partial charge is 0.110 e. The molecule has 7 heteroatoms. The fourth-order valence-corrected chi connectivity index (χ4v) is 7.35. The second-order valence-corrected chi connectivity index (χ2v) is 15.1. The Morgan fingerprint density at radius 3 is 1.80 bits per heavy atom. The Balaban J connectivity index is 0.000000175. The van der Waals surface area contributed by atoms with Crippen molar-refractivity contribution in [2.24, 2.45) is 4.99 Å². The van der Waals surface area contributed by atoms with E-state index in [9.17, 15) is 0 Å². The number of nitrogens with one attached hydrogen (secondary N) is 3. The zero-order chi connectivity index (χ0) is 37.8. The number of hydrogen-bond donors (Lipinski definition) is 3. The second kappa shape index (κ2) is 19.0. The molecular weight excluding hydrogens is 692 g/mol. The molecule has 3 N–H and O–H groups in total. The Kier molecular flexibility index (Phi) is 14.3. The van der Waals surface area contributed by atoms with E-state index in [0.29, 0.717) is 6.04 Å². The minimum absolute atomic E-state index is 0.219. The van der Waals surface area contributed by atoms with E-state index in [1.807, 2.05) is 24.7 Å². The second-order valence-electron chi connectivity index (χ2n) is 14.2. The summed E-state index contributed by atoms with van der Waals surface area (Å²) in [7, 11) is 0. The highest BCUT2D eigenvalue weighted by molar-refractivity contribution is 9.10. The van der Waals surface area contributed by atoms with E-state index in [1.54, 1.807) is 6.20 Å². The quantitative estimate of drug-likeness (QED) is 0.133.